The van der Waals surface area contributed by atoms with E-state index in [1.165, 1.54) is 6.42 Å². The van der Waals surface area contributed by atoms with E-state index >= 15 is 0 Å². The third-order valence-electron chi connectivity index (χ3n) is 4.44. The lowest BCUT2D eigenvalue weighted by molar-refractivity contribution is -0.138. The van der Waals surface area contributed by atoms with Crippen molar-refractivity contribution in [3.63, 3.8) is 0 Å². The molecule has 1 aliphatic heterocycles. The van der Waals surface area contributed by atoms with Crippen LogP contribution < -0.4 is 5.32 Å². The molecule has 5 nitrogen and oxygen atoms in total. The lowest BCUT2D eigenvalue weighted by Crippen LogP contribution is -2.49. The van der Waals surface area contributed by atoms with E-state index < -0.39 is 0 Å². The molecule has 20 heavy (non-hydrogen) atoms. The van der Waals surface area contributed by atoms with Crippen LogP contribution in [0.15, 0.2) is 0 Å². The minimum Gasteiger partial charge on any atom is -0.381 e. The standard InChI is InChI=1S/C15H26N2O3/c1-2-20-12-15(7-5-8-15)11-16-13(18)10-17-9-4-3-6-14(17)19/h2-12H2,1H3,(H,16,18). The topological polar surface area (TPSA) is 58.6 Å². The molecule has 5 heteroatoms. The van der Waals surface area contributed by atoms with Crippen molar-refractivity contribution in [1.82, 2.24) is 10.2 Å². The Morgan fingerprint density at radius 1 is 1.35 bits per heavy atom. The van der Waals surface area contributed by atoms with Gasteiger partial charge in [0.1, 0.15) is 0 Å². The van der Waals surface area contributed by atoms with Crippen molar-refractivity contribution in [2.45, 2.75) is 45.4 Å². The number of amides is 2. The number of likely N-dealkylation sites (tertiary alicyclic amines) is 1. The highest BCUT2D eigenvalue weighted by Crippen LogP contribution is 2.40. The quantitative estimate of drug-likeness (QED) is 0.766. The van der Waals surface area contributed by atoms with E-state index in [-0.39, 0.29) is 23.8 Å². The number of carbonyl (C=O) groups is 2. The van der Waals surface area contributed by atoms with Crippen LogP contribution in [0.25, 0.3) is 0 Å². The maximum Gasteiger partial charge on any atom is 0.239 e. The van der Waals surface area contributed by atoms with Crippen LogP contribution in [0.1, 0.15) is 45.4 Å². The highest BCUT2D eigenvalue weighted by Gasteiger charge is 2.37. The van der Waals surface area contributed by atoms with Crippen molar-refractivity contribution in [1.29, 1.82) is 0 Å². The van der Waals surface area contributed by atoms with Crippen molar-refractivity contribution >= 4 is 11.8 Å². The number of piperidine rings is 1. The Hall–Kier alpha value is -1.10. The average molecular weight is 282 g/mol. The van der Waals surface area contributed by atoms with Crippen LogP contribution in [0, 0.1) is 5.41 Å². The third kappa shape index (κ3) is 3.95. The van der Waals surface area contributed by atoms with Crippen molar-refractivity contribution in [2.75, 3.05) is 32.8 Å². The molecule has 0 aromatic rings. The maximum atomic E-state index is 12.0. The predicted octanol–water partition coefficient (Wildman–Crippen LogP) is 1.32. The Bertz CT molecular complexity index is 353. The molecule has 2 fully saturated rings. The van der Waals surface area contributed by atoms with Crippen molar-refractivity contribution in [2.24, 2.45) is 5.41 Å². The summed E-state index contributed by atoms with van der Waals surface area (Å²) in [6.45, 7) is 5.05. The summed E-state index contributed by atoms with van der Waals surface area (Å²) in [7, 11) is 0. The lowest BCUT2D eigenvalue weighted by atomic mass is 9.69. The Morgan fingerprint density at radius 2 is 2.15 bits per heavy atom. The summed E-state index contributed by atoms with van der Waals surface area (Å²) in [5.74, 6) is 0.0714. The molecule has 1 saturated heterocycles. The summed E-state index contributed by atoms with van der Waals surface area (Å²) in [6, 6.07) is 0. The first-order valence-corrected chi connectivity index (χ1v) is 7.77. The largest absolute Gasteiger partial charge is 0.381 e. The second-order valence-electron chi connectivity index (χ2n) is 6.04. The molecule has 0 bridgehead atoms. The van der Waals surface area contributed by atoms with Crippen LogP contribution >= 0.6 is 0 Å². The average Bonchev–Trinajstić information content (AvgIpc) is 2.40. The van der Waals surface area contributed by atoms with Crippen molar-refractivity contribution in [3.8, 4) is 0 Å². The van der Waals surface area contributed by atoms with Gasteiger partial charge in [-0.05, 0) is 32.6 Å². The van der Waals surface area contributed by atoms with Gasteiger partial charge in [0.05, 0.1) is 13.2 Å². The van der Waals surface area contributed by atoms with E-state index in [9.17, 15) is 9.59 Å². The fourth-order valence-corrected chi connectivity index (χ4v) is 2.91. The first-order chi connectivity index (χ1) is 9.65. The van der Waals surface area contributed by atoms with Gasteiger partial charge in [0.2, 0.25) is 11.8 Å². The number of carbonyl (C=O) groups excluding carboxylic acids is 2. The Balaban J connectivity index is 1.72. The van der Waals surface area contributed by atoms with Gasteiger partial charge < -0.3 is 15.0 Å². The molecule has 0 aromatic heterocycles. The van der Waals surface area contributed by atoms with E-state index in [0.29, 0.717) is 13.0 Å². The van der Waals surface area contributed by atoms with Gasteiger partial charge >= 0.3 is 0 Å². The Morgan fingerprint density at radius 3 is 2.75 bits per heavy atom. The normalized spacial score (nSPS) is 21.4. The minimum atomic E-state index is -0.0389. The zero-order valence-corrected chi connectivity index (χ0v) is 12.5. The summed E-state index contributed by atoms with van der Waals surface area (Å²) in [6.07, 6.45) is 6.00. The zero-order chi connectivity index (χ0) is 14.4. The molecule has 114 valence electrons. The van der Waals surface area contributed by atoms with Gasteiger partial charge in [0.15, 0.2) is 0 Å². The first-order valence-electron chi connectivity index (χ1n) is 7.77. The summed E-state index contributed by atoms with van der Waals surface area (Å²) < 4.78 is 5.52. The molecule has 1 saturated carbocycles. The third-order valence-corrected chi connectivity index (χ3v) is 4.44. The van der Waals surface area contributed by atoms with Crippen LogP contribution in [-0.4, -0.2) is 49.6 Å². The summed E-state index contributed by atoms with van der Waals surface area (Å²) >= 11 is 0. The fourth-order valence-electron chi connectivity index (χ4n) is 2.91. The van der Waals surface area contributed by atoms with Crippen molar-refractivity contribution < 1.29 is 14.3 Å². The Labute approximate surface area is 121 Å². The number of hydrogen-bond donors (Lipinski definition) is 1. The second-order valence-corrected chi connectivity index (χ2v) is 6.04. The first kappa shape index (κ1) is 15.3. The molecule has 2 aliphatic rings. The maximum absolute atomic E-state index is 12.0. The Kier molecular flexibility index (Phi) is 5.40. The van der Waals surface area contributed by atoms with Gasteiger partial charge in [-0.15, -0.1) is 0 Å². The van der Waals surface area contributed by atoms with Gasteiger partial charge in [0.25, 0.3) is 0 Å². The minimum absolute atomic E-state index is 0.0389. The highest BCUT2D eigenvalue weighted by atomic mass is 16.5. The number of nitrogens with one attached hydrogen (secondary N) is 1. The number of rotatable bonds is 7. The SMILES string of the molecule is CCOCC1(CNC(=O)CN2CCCCC2=O)CCC1. The summed E-state index contributed by atoms with van der Waals surface area (Å²) in [5, 5.41) is 2.99. The fraction of sp³-hybridized carbons (Fsp3) is 0.867. The lowest BCUT2D eigenvalue weighted by Gasteiger charge is -2.41. The van der Waals surface area contributed by atoms with Crippen LogP contribution in [0.4, 0.5) is 0 Å². The van der Waals surface area contributed by atoms with E-state index in [2.05, 4.69) is 5.32 Å². The molecule has 1 aliphatic carbocycles. The number of hydrogen-bond acceptors (Lipinski definition) is 3. The molecule has 2 rings (SSSR count). The summed E-state index contributed by atoms with van der Waals surface area (Å²) in [4.78, 5) is 25.3. The molecule has 0 radical (unpaired) electrons. The van der Waals surface area contributed by atoms with Gasteiger partial charge in [-0.3, -0.25) is 9.59 Å². The molecule has 2 amide bonds. The smallest absolute Gasteiger partial charge is 0.239 e. The zero-order valence-electron chi connectivity index (χ0n) is 12.5. The van der Waals surface area contributed by atoms with Crippen LogP contribution in [0.2, 0.25) is 0 Å². The number of nitrogens with zero attached hydrogens (tertiary/aromatic N) is 1. The van der Waals surface area contributed by atoms with Crippen LogP contribution in [0.3, 0.4) is 0 Å². The monoisotopic (exact) mass is 282 g/mol. The predicted molar refractivity (Wildman–Crippen MR) is 76.2 cm³/mol. The van der Waals surface area contributed by atoms with E-state index in [1.807, 2.05) is 6.92 Å². The van der Waals surface area contributed by atoms with E-state index in [1.54, 1.807) is 4.90 Å². The molecular formula is C15H26N2O3. The molecule has 0 unspecified atom stereocenters. The van der Waals surface area contributed by atoms with Gasteiger partial charge in [-0.1, -0.05) is 6.42 Å². The second kappa shape index (κ2) is 7.07. The van der Waals surface area contributed by atoms with Crippen LogP contribution in [0.5, 0.6) is 0 Å². The molecule has 0 spiro atoms. The number of ether oxygens (including phenoxy) is 1. The van der Waals surface area contributed by atoms with Crippen LogP contribution in [-0.2, 0) is 14.3 Å². The molecule has 1 N–H and O–H groups in total. The van der Waals surface area contributed by atoms with Gasteiger partial charge in [-0.25, -0.2) is 0 Å². The van der Waals surface area contributed by atoms with E-state index in [0.717, 1.165) is 45.4 Å². The molecule has 0 aromatic carbocycles. The molecular weight excluding hydrogens is 256 g/mol. The summed E-state index contributed by atoms with van der Waals surface area (Å²) in [5.41, 5.74) is 0.136. The van der Waals surface area contributed by atoms with Gasteiger partial charge in [0, 0.05) is 31.5 Å². The molecule has 0 atom stereocenters. The van der Waals surface area contributed by atoms with E-state index in [4.69, 9.17) is 4.74 Å². The van der Waals surface area contributed by atoms with Gasteiger partial charge in [-0.2, -0.15) is 0 Å². The highest BCUT2D eigenvalue weighted by molar-refractivity contribution is 5.85. The van der Waals surface area contributed by atoms with Crippen molar-refractivity contribution in [3.05, 3.63) is 0 Å². The molecule has 1 heterocycles.